The quantitative estimate of drug-likeness (QED) is 0.842. The smallest absolute Gasteiger partial charge is 0.228 e. The molecule has 0 saturated heterocycles. The van der Waals surface area contributed by atoms with Gasteiger partial charge in [-0.05, 0) is 37.7 Å². The van der Waals surface area contributed by atoms with Crippen LogP contribution >= 0.6 is 0 Å². The average Bonchev–Trinajstić information content (AvgIpc) is 2.54. The number of hydrogen-bond acceptors (Lipinski definition) is 3. The van der Waals surface area contributed by atoms with Crippen molar-refractivity contribution in [2.24, 2.45) is 11.8 Å². The molecule has 1 amide bonds. The molecule has 2 rings (SSSR count). The molecule has 21 heavy (non-hydrogen) atoms. The number of rotatable bonds is 6. The fraction of sp³-hybridized carbons (Fsp3) is 0.647. The van der Waals surface area contributed by atoms with Crippen LogP contribution in [-0.4, -0.2) is 16.0 Å². The first kappa shape index (κ1) is 16.0. The summed E-state index contributed by atoms with van der Waals surface area (Å²) in [7, 11) is 0. The van der Waals surface area contributed by atoms with Crippen LogP contribution in [0.1, 0.15) is 57.4 Å². The molecule has 4 heteroatoms. The van der Waals surface area contributed by atoms with Crippen LogP contribution in [0.25, 0.3) is 0 Å². The van der Waals surface area contributed by atoms with E-state index in [-0.39, 0.29) is 18.4 Å². The third-order valence-electron chi connectivity index (χ3n) is 4.49. The minimum Gasteiger partial charge on any atom is -0.392 e. The second kappa shape index (κ2) is 8.13. The van der Waals surface area contributed by atoms with Gasteiger partial charge in [0.25, 0.3) is 0 Å². The lowest BCUT2D eigenvalue weighted by Gasteiger charge is -2.27. The minimum atomic E-state index is -0.104. The van der Waals surface area contributed by atoms with Crippen LogP contribution < -0.4 is 5.32 Å². The first-order valence-corrected chi connectivity index (χ1v) is 8.10. The van der Waals surface area contributed by atoms with E-state index < -0.39 is 0 Å². The van der Waals surface area contributed by atoms with Gasteiger partial charge in [-0.25, -0.2) is 4.98 Å². The number of carbonyl (C=O) groups is 1. The van der Waals surface area contributed by atoms with Gasteiger partial charge >= 0.3 is 0 Å². The summed E-state index contributed by atoms with van der Waals surface area (Å²) in [6.07, 6.45) is 9.76. The molecule has 1 saturated carbocycles. The Balaban J connectivity index is 1.85. The Labute approximate surface area is 127 Å². The van der Waals surface area contributed by atoms with Gasteiger partial charge in [-0.1, -0.05) is 32.3 Å². The maximum atomic E-state index is 12.3. The number of pyridine rings is 1. The van der Waals surface area contributed by atoms with E-state index in [1.165, 1.54) is 19.3 Å². The molecular formula is C17H26N2O2. The molecule has 1 fully saturated rings. The van der Waals surface area contributed by atoms with Crippen LogP contribution in [-0.2, 0) is 11.4 Å². The summed E-state index contributed by atoms with van der Waals surface area (Å²) in [5.74, 6) is 1.45. The molecule has 1 aromatic rings. The summed E-state index contributed by atoms with van der Waals surface area (Å²) < 4.78 is 0. The van der Waals surface area contributed by atoms with Crippen LogP contribution in [0, 0.1) is 11.8 Å². The number of carbonyl (C=O) groups excluding carboxylic acids is 1. The summed E-state index contributed by atoms with van der Waals surface area (Å²) in [6.45, 7) is 2.12. The lowest BCUT2D eigenvalue weighted by Crippen LogP contribution is -2.28. The molecular weight excluding hydrogens is 264 g/mol. The Morgan fingerprint density at radius 3 is 2.81 bits per heavy atom. The summed E-state index contributed by atoms with van der Waals surface area (Å²) in [5, 5.41) is 12.1. The molecule has 1 aliphatic carbocycles. The minimum absolute atomic E-state index is 0.0531. The highest BCUT2D eigenvalue weighted by molar-refractivity contribution is 5.92. The van der Waals surface area contributed by atoms with E-state index >= 15 is 0 Å². The molecule has 0 aromatic carbocycles. The maximum absolute atomic E-state index is 12.3. The Hall–Kier alpha value is -1.42. The van der Waals surface area contributed by atoms with Crippen molar-refractivity contribution in [1.29, 1.82) is 0 Å². The fourth-order valence-electron chi connectivity index (χ4n) is 3.10. The summed E-state index contributed by atoms with van der Waals surface area (Å²) in [6, 6.07) is 3.55. The van der Waals surface area contributed by atoms with E-state index in [0.29, 0.717) is 11.4 Å². The van der Waals surface area contributed by atoms with Crippen LogP contribution in [0.15, 0.2) is 18.3 Å². The molecule has 0 bridgehead atoms. The van der Waals surface area contributed by atoms with Crippen molar-refractivity contribution in [2.75, 3.05) is 5.32 Å². The Kier molecular flexibility index (Phi) is 6.18. The van der Waals surface area contributed by atoms with Crippen molar-refractivity contribution in [1.82, 2.24) is 4.98 Å². The van der Waals surface area contributed by atoms with Gasteiger partial charge < -0.3 is 10.4 Å². The molecule has 1 heterocycles. The summed E-state index contributed by atoms with van der Waals surface area (Å²) >= 11 is 0. The summed E-state index contributed by atoms with van der Waals surface area (Å²) in [4.78, 5) is 16.5. The van der Waals surface area contributed by atoms with E-state index in [0.717, 1.165) is 31.6 Å². The Bertz CT molecular complexity index is 454. The molecule has 1 aliphatic rings. The van der Waals surface area contributed by atoms with E-state index in [4.69, 9.17) is 0 Å². The van der Waals surface area contributed by atoms with Gasteiger partial charge in [0.2, 0.25) is 5.91 Å². The Morgan fingerprint density at radius 1 is 1.38 bits per heavy atom. The van der Waals surface area contributed by atoms with E-state index in [1.807, 2.05) is 0 Å². The average molecular weight is 290 g/mol. The first-order valence-electron chi connectivity index (χ1n) is 8.10. The highest BCUT2D eigenvalue weighted by Gasteiger charge is 2.26. The topological polar surface area (TPSA) is 62.2 Å². The molecule has 1 aromatic heterocycles. The van der Waals surface area contributed by atoms with Crippen molar-refractivity contribution in [3.05, 3.63) is 23.9 Å². The van der Waals surface area contributed by atoms with E-state index in [1.54, 1.807) is 18.3 Å². The van der Waals surface area contributed by atoms with Gasteiger partial charge in [-0.15, -0.1) is 0 Å². The molecule has 4 nitrogen and oxygen atoms in total. The normalized spacial score (nSPS) is 22.0. The van der Waals surface area contributed by atoms with Crippen LogP contribution in [0.4, 0.5) is 5.82 Å². The highest BCUT2D eigenvalue weighted by Crippen LogP contribution is 2.32. The number of aliphatic hydroxyl groups is 1. The number of hydrogen-bond donors (Lipinski definition) is 2. The number of nitrogens with one attached hydrogen (secondary N) is 1. The van der Waals surface area contributed by atoms with E-state index in [9.17, 15) is 9.90 Å². The van der Waals surface area contributed by atoms with Crippen molar-refractivity contribution < 1.29 is 9.90 Å². The lowest BCUT2D eigenvalue weighted by atomic mass is 9.79. The van der Waals surface area contributed by atoms with Crippen molar-refractivity contribution >= 4 is 11.7 Å². The molecule has 0 radical (unpaired) electrons. The summed E-state index contributed by atoms with van der Waals surface area (Å²) in [5.41, 5.74) is 0.669. The SMILES string of the molecule is CCCCC1CCC(C(=O)Nc2ncccc2CO)CC1. The predicted molar refractivity (Wildman–Crippen MR) is 83.8 cm³/mol. The molecule has 116 valence electrons. The van der Waals surface area contributed by atoms with Crippen LogP contribution in [0.5, 0.6) is 0 Å². The zero-order valence-electron chi connectivity index (χ0n) is 12.8. The number of unbranched alkanes of at least 4 members (excludes halogenated alkanes) is 1. The first-order chi connectivity index (χ1) is 10.2. The second-order valence-electron chi connectivity index (χ2n) is 6.02. The second-order valence-corrected chi connectivity index (χ2v) is 6.02. The van der Waals surface area contributed by atoms with Crippen molar-refractivity contribution in [2.45, 2.75) is 58.5 Å². The van der Waals surface area contributed by atoms with Gasteiger partial charge in [0.1, 0.15) is 5.82 Å². The standard InChI is InChI=1S/C17H26N2O2/c1-2-3-5-13-7-9-14(10-8-13)17(21)19-16-15(12-20)6-4-11-18-16/h4,6,11,13-14,20H,2-3,5,7-10,12H2,1H3,(H,18,19,21). The lowest BCUT2D eigenvalue weighted by molar-refractivity contribution is -0.121. The van der Waals surface area contributed by atoms with E-state index in [2.05, 4.69) is 17.2 Å². The monoisotopic (exact) mass is 290 g/mol. The number of aliphatic hydroxyl groups excluding tert-OH is 1. The van der Waals surface area contributed by atoms with Gasteiger partial charge in [-0.2, -0.15) is 0 Å². The van der Waals surface area contributed by atoms with Gasteiger partial charge in [0.05, 0.1) is 6.61 Å². The van der Waals surface area contributed by atoms with Crippen molar-refractivity contribution in [3.63, 3.8) is 0 Å². The van der Waals surface area contributed by atoms with Crippen molar-refractivity contribution in [3.8, 4) is 0 Å². The number of amides is 1. The predicted octanol–water partition coefficient (Wildman–Crippen LogP) is 3.51. The highest BCUT2D eigenvalue weighted by atomic mass is 16.3. The van der Waals surface area contributed by atoms with Crippen LogP contribution in [0.3, 0.4) is 0 Å². The van der Waals surface area contributed by atoms with Crippen LogP contribution in [0.2, 0.25) is 0 Å². The third kappa shape index (κ3) is 4.53. The molecule has 0 spiro atoms. The van der Waals surface area contributed by atoms with Gasteiger partial charge in [-0.3, -0.25) is 4.79 Å². The maximum Gasteiger partial charge on any atom is 0.228 e. The number of aromatic nitrogens is 1. The number of nitrogens with zero attached hydrogens (tertiary/aromatic N) is 1. The molecule has 0 unspecified atom stereocenters. The van der Waals surface area contributed by atoms with Gasteiger partial charge in [0, 0.05) is 17.7 Å². The zero-order valence-corrected chi connectivity index (χ0v) is 12.8. The zero-order chi connectivity index (χ0) is 15.1. The molecule has 0 aliphatic heterocycles. The molecule has 0 atom stereocenters. The largest absolute Gasteiger partial charge is 0.392 e. The van der Waals surface area contributed by atoms with Gasteiger partial charge in [0.15, 0.2) is 0 Å². The Morgan fingerprint density at radius 2 is 2.14 bits per heavy atom. The molecule has 2 N–H and O–H groups in total. The number of anilines is 1. The fourth-order valence-corrected chi connectivity index (χ4v) is 3.10. The third-order valence-corrected chi connectivity index (χ3v) is 4.49.